The van der Waals surface area contributed by atoms with Crippen molar-refractivity contribution in [3.05, 3.63) is 70.2 Å². The topological polar surface area (TPSA) is 59.8 Å². The number of hydrogen-bond acceptors (Lipinski definition) is 6. The molecule has 4 aromatic rings. The van der Waals surface area contributed by atoms with Crippen molar-refractivity contribution in [3.63, 3.8) is 0 Å². The number of rotatable bonds is 6. The molecule has 5 rings (SSSR count). The van der Waals surface area contributed by atoms with E-state index < -0.39 is 0 Å². The van der Waals surface area contributed by atoms with Gasteiger partial charge in [0.05, 0.1) is 23.4 Å². The Hall–Kier alpha value is -3.07. The molecule has 1 aliphatic heterocycles. The number of ether oxygens (including phenoxy) is 2. The Labute approximate surface area is 207 Å². The van der Waals surface area contributed by atoms with Gasteiger partial charge in [-0.1, -0.05) is 11.6 Å². The van der Waals surface area contributed by atoms with Crippen LogP contribution in [0.5, 0.6) is 11.5 Å². The average Bonchev–Trinajstić information content (AvgIpc) is 3.44. The van der Waals surface area contributed by atoms with Crippen LogP contribution in [-0.2, 0) is 0 Å². The molecular weight excluding hydrogens is 472 g/mol. The maximum Gasteiger partial charge on any atom is 0.264 e. The van der Waals surface area contributed by atoms with Gasteiger partial charge in [-0.25, -0.2) is 4.68 Å². The van der Waals surface area contributed by atoms with E-state index in [9.17, 15) is 4.79 Å². The first kappa shape index (κ1) is 22.7. The molecule has 1 saturated heterocycles. The standard InChI is InChI=1S/C25H25ClN4O3S/c1-17-22-15-23(34-25(22)30(27-17)19-5-3-18(26)4-6-19)24(31)29-13-11-28(12-14-29)16-33-21-9-7-20(32-2)8-10-21/h3-10,15H,11-14,16H2,1-2H3. The smallest absolute Gasteiger partial charge is 0.264 e. The zero-order valence-electron chi connectivity index (χ0n) is 19.0. The number of nitrogens with zero attached hydrogens (tertiary/aromatic N) is 4. The SMILES string of the molecule is COc1ccc(OCN2CCN(C(=O)c3cc4c(C)nn(-c5ccc(Cl)cc5)c4s3)CC2)cc1. The molecule has 0 radical (unpaired) electrons. The van der Waals surface area contributed by atoms with Gasteiger partial charge in [0, 0.05) is 36.6 Å². The normalized spacial score (nSPS) is 14.5. The summed E-state index contributed by atoms with van der Waals surface area (Å²) >= 11 is 7.52. The van der Waals surface area contributed by atoms with Gasteiger partial charge in [0.2, 0.25) is 0 Å². The number of thiophene rings is 1. The van der Waals surface area contributed by atoms with Gasteiger partial charge >= 0.3 is 0 Å². The maximum atomic E-state index is 13.2. The van der Waals surface area contributed by atoms with Crippen LogP contribution in [0.1, 0.15) is 15.4 Å². The Balaban J connectivity index is 1.22. The molecule has 3 heterocycles. The number of halogens is 1. The Morgan fingerprint density at radius 1 is 1.03 bits per heavy atom. The lowest BCUT2D eigenvalue weighted by Crippen LogP contribution is -2.49. The molecule has 7 nitrogen and oxygen atoms in total. The molecule has 1 aliphatic rings. The summed E-state index contributed by atoms with van der Waals surface area (Å²) in [6.07, 6.45) is 0. The lowest BCUT2D eigenvalue weighted by Gasteiger charge is -2.34. The highest BCUT2D eigenvalue weighted by Crippen LogP contribution is 2.31. The van der Waals surface area contributed by atoms with Gasteiger partial charge in [-0.2, -0.15) is 5.10 Å². The second-order valence-electron chi connectivity index (χ2n) is 8.16. The number of carbonyl (C=O) groups excluding carboxylic acids is 1. The van der Waals surface area contributed by atoms with E-state index in [1.54, 1.807) is 7.11 Å². The molecule has 9 heteroatoms. The maximum absolute atomic E-state index is 13.2. The molecule has 0 aliphatic carbocycles. The Kier molecular flexibility index (Phi) is 6.45. The molecular formula is C25H25ClN4O3S. The van der Waals surface area contributed by atoms with E-state index in [1.165, 1.54) is 11.3 Å². The molecule has 1 amide bonds. The molecule has 0 saturated carbocycles. The van der Waals surface area contributed by atoms with Crippen LogP contribution < -0.4 is 9.47 Å². The van der Waals surface area contributed by atoms with E-state index in [4.69, 9.17) is 21.1 Å². The van der Waals surface area contributed by atoms with Gasteiger partial charge in [-0.3, -0.25) is 9.69 Å². The lowest BCUT2D eigenvalue weighted by atomic mass is 10.2. The lowest BCUT2D eigenvalue weighted by molar-refractivity contribution is 0.0485. The van der Waals surface area contributed by atoms with Crippen molar-refractivity contribution in [2.45, 2.75) is 6.92 Å². The van der Waals surface area contributed by atoms with Crippen molar-refractivity contribution in [1.82, 2.24) is 19.6 Å². The van der Waals surface area contributed by atoms with Crippen LogP contribution in [0.2, 0.25) is 5.02 Å². The van der Waals surface area contributed by atoms with Crippen LogP contribution in [0, 0.1) is 6.92 Å². The minimum absolute atomic E-state index is 0.0685. The van der Waals surface area contributed by atoms with Crippen molar-refractivity contribution in [2.24, 2.45) is 0 Å². The molecule has 2 aromatic carbocycles. The van der Waals surface area contributed by atoms with Crippen molar-refractivity contribution < 1.29 is 14.3 Å². The average molecular weight is 497 g/mol. The summed E-state index contributed by atoms with van der Waals surface area (Å²) in [5.41, 5.74) is 1.83. The van der Waals surface area contributed by atoms with Crippen LogP contribution in [-0.4, -0.2) is 65.5 Å². The van der Waals surface area contributed by atoms with Gasteiger partial charge < -0.3 is 14.4 Å². The molecule has 0 spiro atoms. The minimum Gasteiger partial charge on any atom is -0.497 e. The highest BCUT2D eigenvalue weighted by atomic mass is 35.5. The van der Waals surface area contributed by atoms with E-state index in [0.29, 0.717) is 24.8 Å². The summed E-state index contributed by atoms with van der Waals surface area (Å²) in [6.45, 7) is 5.34. The second kappa shape index (κ2) is 9.66. The fourth-order valence-electron chi connectivity index (χ4n) is 3.98. The number of benzene rings is 2. The van der Waals surface area contributed by atoms with Crippen LogP contribution in [0.25, 0.3) is 15.9 Å². The molecule has 2 aromatic heterocycles. The molecule has 0 unspecified atom stereocenters. The predicted molar refractivity (Wildman–Crippen MR) is 135 cm³/mol. The predicted octanol–water partition coefficient (Wildman–Crippen LogP) is 4.85. The van der Waals surface area contributed by atoms with Gasteiger partial charge in [-0.05, 0) is 61.5 Å². The third-order valence-corrected chi connectivity index (χ3v) is 7.31. The van der Waals surface area contributed by atoms with Crippen LogP contribution >= 0.6 is 22.9 Å². The molecule has 176 valence electrons. The summed E-state index contributed by atoms with van der Waals surface area (Å²) in [5, 5.41) is 6.35. The fourth-order valence-corrected chi connectivity index (χ4v) is 5.26. The third-order valence-electron chi connectivity index (χ3n) is 5.96. The zero-order valence-corrected chi connectivity index (χ0v) is 20.6. The summed E-state index contributed by atoms with van der Waals surface area (Å²) in [4.78, 5) is 19.1. The molecule has 0 N–H and O–H groups in total. The number of hydrogen-bond donors (Lipinski definition) is 0. The van der Waals surface area contributed by atoms with E-state index in [2.05, 4.69) is 10.00 Å². The van der Waals surface area contributed by atoms with Crippen molar-refractivity contribution >= 4 is 39.1 Å². The minimum atomic E-state index is 0.0685. The highest BCUT2D eigenvalue weighted by Gasteiger charge is 2.25. The number of carbonyl (C=O) groups is 1. The van der Waals surface area contributed by atoms with E-state index in [0.717, 1.165) is 51.1 Å². The van der Waals surface area contributed by atoms with Crippen LogP contribution in [0.3, 0.4) is 0 Å². The third kappa shape index (κ3) is 4.61. The summed E-state index contributed by atoms with van der Waals surface area (Å²) < 4.78 is 12.9. The van der Waals surface area contributed by atoms with Gasteiger partial charge in [0.15, 0.2) is 0 Å². The van der Waals surface area contributed by atoms with Gasteiger partial charge in [-0.15, -0.1) is 11.3 Å². The number of piperazine rings is 1. The highest BCUT2D eigenvalue weighted by molar-refractivity contribution is 7.20. The monoisotopic (exact) mass is 496 g/mol. The van der Waals surface area contributed by atoms with E-state index in [1.807, 2.05) is 71.1 Å². The number of aromatic nitrogens is 2. The van der Waals surface area contributed by atoms with E-state index >= 15 is 0 Å². The number of amides is 1. The van der Waals surface area contributed by atoms with Crippen LogP contribution in [0.15, 0.2) is 54.6 Å². The van der Waals surface area contributed by atoms with Crippen molar-refractivity contribution in [2.75, 3.05) is 40.0 Å². The number of methoxy groups -OCH3 is 1. The number of aryl methyl sites for hydroxylation is 1. The molecule has 0 bridgehead atoms. The number of fused-ring (bicyclic) bond motifs is 1. The first-order valence-corrected chi connectivity index (χ1v) is 12.2. The van der Waals surface area contributed by atoms with Crippen molar-refractivity contribution in [1.29, 1.82) is 0 Å². The van der Waals surface area contributed by atoms with Gasteiger partial charge in [0.25, 0.3) is 5.91 Å². The second-order valence-corrected chi connectivity index (χ2v) is 9.63. The molecule has 1 fully saturated rings. The first-order chi connectivity index (χ1) is 16.5. The van der Waals surface area contributed by atoms with Crippen molar-refractivity contribution in [3.8, 4) is 17.2 Å². The Morgan fingerprint density at radius 2 is 1.71 bits per heavy atom. The fraction of sp³-hybridized carbons (Fsp3) is 0.280. The molecule has 0 atom stereocenters. The van der Waals surface area contributed by atoms with E-state index in [-0.39, 0.29) is 5.91 Å². The molecule has 34 heavy (non-hydrogen) atoms. The summed E-state index contributed by atoms with van der Waals surface area (Å²) in [6, 6.07) is 17.1. The quantitative estimate of drug-likeness (QED) is 0.382. The largest absolute Gasteiger partial charge is 0.497 e. The Morgan fingerprint density at radius 3 is 2.38 bits per heavy atom. The Bertz CT molecular complexity index is 1290. The van der Waals surface area contributed by atoms with Gasteiger partial charge in [0.1, 0.15) is 23.1 Å². The first-order valence-electron chi connectivity index (χ1n) is 11.1. The summed E-state index contributed by atoms with van der Waals surface area (Å²) in [7, 11) is 1.64. The van der Waals surface area contributed by atoms with Crippen LogP contribution in [0.4, 0.5) is 0 Å². The summed E-state index contributed by atoms with van der Waals surface area (Å²) in [5.74, 6) is 1.67. The zero-order chi connectivity index (χ0) is 23.7.